The molecule has 0 radical (unpaired) electrons. The molecular weight excluding hydrogens is 382 g/mol. The Morgan fingerprint density at radius 2 is 1.31 bits per heavy atom. The van der Waals surface area contributed by atoms with Crippen LogP contribution in [0.5, 0.6) is 0 Å². The molecule has 0 unspecified atom stereocenters. The molecule has 0 amide bonds. The number of pyridine rings is 3. The van der Waals surface area contributed by atoms with Crippen LogP contribution in [0.25, 0.3) is 22.9 Å². The van der Waals surface area contributed by atoms with Crippen molar-refractivity contribution in [3.63, 3.8) is 0 Å². The highest BCUT2D eigenvalue weighted by molar-refractivity contribution is 6.29. The average molecular weight is 402 g/mol. The maximum absolute atomic E-state index is 5.96. The highest BCUT2D eigenvalue weighted by Crippen LogP contribution is 2.17. The summed E-state index contributed by atoms with van der Waals surface area (Å²) >= 11 is 5.96. The Hall–Kier alpha value is -3.18. The molecule has 144 valence electrons. The molecule has 6 heteroatoms. The Balaban J connectivity index is 1.42. The van der Waals surface area contributed by atoms with Crippen LogP contribution in [0.4, 0.5) is 0 Å². The van der Waals surface area contributed by atoms with Crippen molar-refractivity contribution in [2.24, 2.45) is 0 Å². The molecule has 0 aliphatic rings. The van der Waals surface area contributed by atoms with E-state index in [9.17, 15) is 0 Å². The number of hydrogen-bond donors (Lipinski definition) is 0. The van der Waals surface area contributed by atoms with E-state index in [1.54, 1.807) is 12.3 Å². The fourth-order valence-electron chi connectivity index (χ4n) is 3.10. The second-order valence-electron chi connectivity index (χ2n) is 6.75. The van der Waals surface area contributed by atoms with Crippen LogP contribution in [-0.2, 0) is 12.8 Å². The lowest BCUT2D eigenvalue weighted by Crippen LogP contribution is -1.99. The number of aryl methyl sites for hydroxylation is 3. The summed E-state index contributed by atoms with van der Waals surface area (Å²) in [6.07, 6.45) is 4.31. The van der Waals surface area contributed by atoms with Gasteiger partial charge >= 0.3 is 0 Å². The smallest absolute Gasteiger partial charge is 0.179 e. The van der Waals surface area contributed by atoms with Gasteiger partial charge in [0.05, 0.1) is 11.4 Å². The topological polar surface area (TPSA) is 64.5 Å². The van der Waals surface area contributed by atoms with E-state index >= 15 is 0 Å². The van der Waals surface area contributed by atoms with E-state index in [2.05, 4.69) is 26.0 Å². The summed E-state index contributed by atoms with van der Waals surface area (Å²) in [5, 5.41) is 0.413. The van der Waals surface area contributed by atoms with Crippen LogP contribution in [0.3, 0.4) is 0 Å². The monoisotopic (exact) mass is 401 g/mol. The van der Waals surface area contributed by atoms with Crippen LogP contribution >= 0.6 is 11.6 Å². The molecule has 0 spiro atoms. The molecule has 0 N–H and O–H groups in total. The SMILES string of the molecule is Cc1cccc(-c2cccc(CCCc3cccc(-c4nccc(Cl)n4)n3)n2)n1. The first kappa shape index (κ1) is 19.2. The molecule has 0 saturated carbocycles. The molecule has 29 heavy (non-hydrogen) atoms. The molecular formula is C23H20ClN5. The molecule has 0 aromatic carbocycles. The summed E-state index contributed by atoms with van der Waals surface area (Å²) in [4.78, 5) is 22.5. The van der Waals surface area contributed by atoms with Crippen LogP contribution in [0, 0.1) is 6.92 Å². The van der Waals surface area contributed by atoms with Gasteiger partial charge in [-0.3, -0.25) is 9.97 Å². The van der Waals surface area contributed by atoms with Gasteiger partial charge in [0.1, 0.15) is 10.8 Å². The van der Waals surface area contributed by atoms with Crippen molar-refractivity contribution in [3.05, 3.63) is 89.1 Å². The van der Waals surface area contributed by atoms with Crippen molar-refractivity contribution in [2.45, 2.75) is 26.2 Å². The van der Waals surface area contributed by atoms with Crippen molar-refractivity contribution in [2.75, 3.05) is 0 Å². The molecule has 0 aliphatic carbocycles. The van der Waals surface area contributed by atoms with E-state index in [1.165, 1.54) is 0 Å². The second kappa shape index (κ2) is 8.88. The van der Waals surface area contributed by atoms with Gasteiger partial charge in [0.2, 0.25) is 0 Å². The van der Waals surface area contributed by atoms with Gasteiger partial charge in [-0.25, -0.2) is 15.0 Å². The van der Waals surface area contributed by atoms with Crippen LogP contribution in [0.2, 0.25) is 5.15 Å². The van der Waals surface area contributed by atoms with E-state index < -0.39 is 0 Å². The van der Waals surface area contributed by atoms with Gasteiger partial charge in [-0.1, -0.05) is 29.8 Å². The Morgan fingerprint density at radius 1 is 0.690 bits per heavy atom. The number of nitrogens with zero attached hydrogens (tertiary/aromatic N) is 5. The zero-order valence-electron chi connectivity index (χ0n) is 16.1. The molecule has 4 heterocycles. The summed E-state index contributed by atoms with van der Waals surface area (Å²) in [7, 11) is 0. The molecule has 0 bridgehead atoms. The minimum absolute atomic E-state index is 0.413. The normalized spacial score (nSPS) is 10.8. The fraction of sp³-hybridized carbons (Fsp3) is 0.174. The summed E-state index contributed by atoms with van der Waals surface area (Å²) in [5.74, 6) is 0.541. The molecule has 0 atom stereocenters. The minimum Gasteiger partial charge on any atom is -0.251 e. The van der Waals surface area contributed by atoms with Gasteiger partial charge in [-0.2, -0.15) is 0 Å². The summed E-state index contributed by atoms with van der Waals surface area (Å²) in [6, 6.07) is 19.6. The van der Waals surface area contributed by atoms with Crippen LogP contribution in [0.1, 0.15) is 23.5 Å². The molecule has 4 aromatic rings. The third-order valence-corrected chi connectivity index (χ3v) is 4.69. The fourth-order valence-corrected chi connectivity index (χ4v) is 3.24. The number of rotatable bonds is 6. The standard InChI is InChI=1S/C23H20ClN5/c1-16-6-2-11-19(26-16)20-12-4-9-17(27-20)7-3-8-18-10-5-13-21(28-18)23-25-15-14-22(24)29-23/h2,4-6,9-15H,3,7-8H2,1H3. The van der Waals surface area contributed by atoms with E-state index in [1.807, 2.05) is 55.5 Å². The van der Waals surface area contributed by atoms with Crippen molar-refractivity contribution >= 4 is 11.6 Å². The highest BCUT2D eigenvalue weighted by atomic mass is 35.5. The molecule has 0 aliphatic heterocycles. The highest BCUT2D eigenvalue weighted by Gasteiger charge is 2.06. The molecule has 4 aromatic heterocycles. The Morgan fingerprint density at radius 3 is 2.00 bits per heavy atom. The number of hydrogen-bond acceptors (Lipinski definition) is 5. The molecule has 0 fully saturated rings. The lowest BCUT2D eigenvalue weighted by Gasteiger charge is -2.06. The minimum atomic E-state index is 0.413. The first-order valence-corrected chi connectivity index (χ1v) is 9.90. The Kier molecular flexibility index (Phi) is 5.86. The maximum atomic E-state index is 5.96. The van der Waals surface area contributed by atoms with Gasteiger partial charge in [0.25, 0.3) is 0 Å². The zero-order chi connectivity index (χ0) is 20.1. The molecule has 5 nitrogen and oxygen atoms in total. The van der Waals surface area contributed by atoms with E-state index in [-0.39, 0.29) is 0 Å². The van der Waals surface area contributed by atoms with Crippen LogP contribution in [0.15, 0.2) is 66.9 Å². The largest absolute Gasteiger partial charge is 0.251 e. The average Bonchev–Trinajstić information content (AvgIpc) is 2.74. The van der Waals surface area contributed by atoms with E-state index in [0.717, 1.165) is 53.4 Å². The van der Waals surface area contributed by atoms with E-state index in [4.69, 9.17) is 16.6 Å². The van der Waals surface area contributed by atoms with Gasteiger partial charge in [-0.15, -0.1) is 0 Å². The van der Waals surface area contributed by atoms with Crippen molar-refractivity contribution in [3.8, 4) is 22.9 Å². The Labute approximate surface area is 174 Å². The number of halogens is 1. The maximum Gasteiger partial charge on any atom is 0.179 e. The number of aromatic nitrogens is 5. The van der Waals surface area contributed by atoms with Crippen molar-refractivity contribution < 1.29 is 0 Å². The van der Waals surface area contributed by atoms with Gasteiger partial charge in [-0.05, 0) is 68.7 Å². The molecule has 4 rings (SSSR count). The quantitative estimate of drug-likeness (QED) is 0.419. The summed E-state index contributed by atoms with van der Waals surface area (Å²) < 4.78 is 0. The van der Waals surface area contributed by atoms with Crippen molar-refractivity contribution in [1.29, 1.82) is 0 Å². The van der Waals surface area contributed by atoms with Gasteiger partial charge < -0.3 is 0 Å². The predicted octanol–water partition coefficient (Wildman–Crippen LogP) is 5.13. The second-order valence-corrected chi connectivity index (χ2v) is 7.14. The summed E-state index contributed by atoms with van der Waals surface area (Å²) in [6.45, 7) is 1.99. The lowest BCUT2D eigenvalue weighted by molar-refractivity contribution is 0.782. The van der Waals surface area contributed by atoms with Crippen LogP contribution < -0.4 is 0 Å². The van der Waals surface area contributed by atoms with Gasteiger partial charge in [0, 0.05) is 23.3 Å². The van der Waals surface area contributed by atoms with Crippen molar-refractivity contribution in [1.82, 2.24) is 24.9 Å². The van der Waals surface area contributed by atoms with Crippen LogP contribution in [-0.4, -0.2) is 24.9 Å². The van der Waals surface area contributed by atoms with Gasteiger partial charge in [0.15, 0.2) is 5.82 Å². The summed E-state index contributed by atoms with van der Waals surface area (Å²) in [5.41, 5.74) is 5.59. The third-order valence-electron chi connectivity index (χ3n) is 4.48. The third kappa shape index (κ3) is 5.00. The predicted molar refractivity (Wildman–Crippen MR) is 115 cm³/mol. The zero-order valence-corrected chi connectivity index (χ0v) is 16.8. The van der Waals surface area contributed by atoms with E-state index in [0.29, 0.717) is 11.0 Å². The Bertz CT molecular complexity index is 1040. The first-order valence-electron chi connectivity index (χ1n) is 9.52. The first-order chi connectivity index (χ1) is 14.2. The lowest BCUT2D eigenvalue weighted by atomic mass is 10.1. The molecule has 0 saturated heterocycles.